The molecular weight excluding hydrogens is 420 g/mol. The molecule has 1 saturated heterocycles. The van der Waals surface area contributed by atoms with Crippen LogP contribution in [0.3, 0.4) is 0 Å². The van der Waals surface area contributed by atoms with E-state index in [4.69, 9.17) is 4.74 Å². The second kappa shape index (κ2) is 7.71. The number of methoxy groups -OCH3 is 1. The summed E-state index contributed by atoms with van der Waals surface area (Å²) in [5.74, 6) is 0.875. The SMILES string of the molecule is COc1cccc(CN2C(=O)[C@]3(SCC(=O)N3c3ccc(C)c(C)c3)c3ccccc32)c1. The summed E-state index contributed by atoms with van der Waals surface area (Å²) in [4.78, 5) is 29.7. The Balaban J connectivity index is 1.63. The van der Waals surface area contributed by atoms with Crippen molar-refractivity contribution in [3.63, 3.8) is 0 Å². The molecule has 0 bridgehead atoms. The molecule has 0 N–H and O–H groups in total. The van der Waals surface area contributed by atoms with Crippen molar-refractivity contribution in [1.29, 1.82) is 0 Å². The van der Waals surface area contributed by atoms with Crippen LogP contribution < -0.4 is 14.5 Å². The van der Waals surface area contributed by atoms with Crippen molar-refractivity contribution in [3.05, 3.63) is 89.0 Å². The molecule has 3 aromatic carbocycles. The lowest BCUT2D eigenvalue weighted by molar-refractivity contribution is -0.123. The van der Waals surface area contributed by atoms with E-state index in [1.165, 1.54) is 11.8 Å². The van der Waals surface area contributed by atoms with E-state index in [1.807, 2.05) is 80.6 Å². The number of rotatable bonds is 4. The highest BCUT2D eigenvalue weighted by Crippen LogP contribution is 2.56. The molecule has 0 unspecified atom stereocenters. The highest BCUT2D eigenvalue weighted by Gasteiger charge is 2.60. The molecule has 0 saturated carbocycles. The van der Waals surface area contributed by atoms with Gasteiger partial charge in [0.1, 0.15) is 5.75 Å². The monoisotopic (exact) mass is 444 g/mol. The van der Waals surface area contributed by atoms with Crippen LogP contribution in [0.25, 0.3) is 0 Å². The first kappa shape index (κ1) is 20.6. The number of fused-ring (bicyclic) bond motifs is 2. The van der Waals surface area contributed by atoms with Crippen molar-refractivity contribution in [3.8, 4) is 5.75 Å². The topological polar surface area (TPSA) is 49.9 Å². The number of hydrogen-bond donors (Lipinski definition) is 0. The van der Waals surface area contributed by atoms with Gasteiger partial charge in [-0.3, -0.25) is 14.5 Å². The Bertz CT molecular complexity index is 1240. The number of hydrogen-bond acceptors (Lipinski definition) is 4. The highest BCUT2D eigenvalue weighted by atomic mass is 32.2. The van der Waals surface area contributed by atoms with E-state index in [2.05, 4.69) is 0 Å². The number of carbonyl (C=O) groups excluding carboxylic acids is 2. The maximum absolute atomic E-state index is 14.1. The molecule has 5 rings (SSSR count). The van der Waals surface area contributed by atoms with E-state index in [1.54, 1.807) is 16.9 Å². The molecule has 32 heavy (non-hydrogen) atoms. The summed E-state index contributed by atoms with van der Waals surface area (Å²) in [5.41, 5.74) is 5.68. The third kappa shape index (κ3) is 3.01. The number of amides is 2. The minimum Gasteiger partial charge on any atom is -0.497 e. The molecule has 6 heteroatoms. The fourth-order valence-corrected chi connectivity index (χ4v) is 5.89. The van der Waals surface area contributed by atoms with Gasteiger partial charge in [0.2, 0.25) is 10.8 Å². The number of para-hydroxylation sites is 1. The standard InChI is InChI=1S/C26H24N2O3S/c1-17-11-12-20(13-18(17)2)28-24(29)16-32-26(28)22-9-4-5-10-23(22)27(25(26)30)15-19-7-6-8-21(14-19)31-3/h4-14H,15-16H2,1-3H3/t26-/m1/s1. The summed E-state index contributed by atoms with van der Waals surface area (Å²) < 4.78 is 5.36. The zero-order chi connectivity index (χ0) is 22.5. The molecule has 1 spiro atoms. The highest BCUT2D eigenvalue weighted by molar-refractivity contribution is 8.02. The predicted octanol–water partition coefficient (Wildman–Crippen LogP) is 4.79. The van der Waals surface area contributed by atoms with Gasteiger partial charge in [-0.25, -0.2) is 0 Å². The summed E-state index contributed by atoms with van der Waals surface area (Å²) in [6, 6.07) is 21.5. The van der Waals surface area contributed by atoms with Crippen LogP contribution in [0.1, 0.15) is 22.3 Å². The Morgan fingerprint density at radius 3 is 2.56 bits per heavy atom. The van der Waals surface area contributed by atoms with Crippen molar-refractivity contribution >= 4 is 35.0 Å². The van der Waals surface area contributed by atoms with Crippen LogP contribution in [0.5, 0.6) is 5.75 Å². The van der Waals surface area contributed by atoms with E-state index < -0.39 is 4.87 Å². The predicted molar refractivity (Wildman–Crippen MR) is 128 cm³/mol. The quantitative estimate of drug-likeness (QED) is 0.581. The largest absolute Gasteiger partial charge is 0.497 e. The Morgan fingerprint density at radius 2 is 1.78 bits per heavy atom. The Kier molecular flexibility index (Phi) is 4.97. The Labute approximate surface area is 192 Å². The second-order valence-corrected chi connectivity index (χ2v) is 9.36. The minimum absolute atomic E-state index is 0.0513. The number of aryl methyl sites for hydroxylation is 2. The van der Waals surface area contributed by atoms with Crippen LogP contribution >= 0.6 is 11.8 Å². The average molecular weight is 445 g/mol. The number of ether oxygens (including phenoxy) is 1. The summed E-state index contributed by atoms with van der Waals surface area (Å²) in [6.45, 7) is 4.48. The summed E-state index contributed by atoms with van der Waals surface area (Å²) in [5, 5.41) is 0. The van der Waals surface area contributed by atoms with E-state index in [0.717, 1.165) is 39.4 Å². The third-order valence-electron chi connectivity index (χ3n) is 6.29. The lowest BCUT2D eigenvalue weighted by Crippen LogP contribution is -2.49. The summed E-state index contributed by atoms with van der Waals surface area (Å²) in [6.07, 6.45) is 0. The van der Waals surface area contributed by atoms with Crippen LogP contribution in [0.15, 0.2) is 66.7 Å². The molecule has 5 nitrogen and oxygen atoms in total. The fourth-order valence-electron chi connectivity index (χ4n) is 4.53. The maximum atomic E-state index is 14.1. The molecule has 2 heterocycles. The molecule has 2 aliphatic heterocycles. The first-order valence-electron chi connectivity index (χ1n) is 10.5. The van der Waals surface area contributed by atoms with Crippen LogP contribution in [0.2, 0.25) is 0 Å². The normalized spacial score (nSPS) is 19.7. The molecule has 1 atom stereocenters. The van der Waals surface area contributed by atoms with Gasteiger partial charge in [0.25, 0.3) is 5.91 Å². The van der Waals surface area contributed by atoms with Gasteiger partial charge in [-0.2, -0.15) is 0 Å². The maximum Gasteiger partial charge on any atom is 0.269 e. The van der Waals surface area contributed by atoms with Crippen molar-refractivity contribution < 1.29 is 14.3 Å². The van der Waals surface area contributed by atoms with Crippen LogP contribution in [0, 0.1) is 13.8 Å². The van der Waals surface area contributed by atoms with Crippen molar-refractivity contribution in [2.45, 2.75) is 25.3 Å². The Hall–Kier alpha value is -3.25. The number of carbonyl (C=O) groups is 2. The third-order valence-corrected chi connectivity index (χ3v) is 7.67. The van der Waals surface area contributed by atoms with Crippen LogP contribution in [0.4, 0.5) is 11.4 Å². The zero-order valence-electron chi connectivity index (χ0n) is 18.3. The Morgan fingerprint density at radius 1 is 0.969 bits per heavy atom. The molecule has 0 aliphatic carbocycles. The van der Waals surface area contributed by atoms with Gasteiger partial charge in [-0.1, -0.05) is 36.4 Å². The lowest BCUT2D eigenvalue weighted by atomic mass is 10.0. The number of anilines is 2. The molecule has 2 amide bonds. The first-order chi connectivity index (χ1) is 15.5. The van der Waals surface area contributed by atoms with Gasteiger partial charge >= 0.3 is 0 Å². The number of benzene rings is 3. The van der Waals surface area contributed by atoms with Gasteiger partial charge in [-0.15, -0.1) is 11.8 Å². The smallest absolute Gasteiger partial charge is 0.269 e. The van der Waals surface area contributed by atoms with Gasteiger partial charge in [0, 0.05) is 11.3 Å². The molecular formula is C26H24N2O3S. The van der Waals surface area contributed by atoms with E-state index in [-0.39, 0.29) is 17.6 Å². The molecule has 162 valence electrons. The molecule has 3 aromatic rings. The molecule has 0 aromatic heterocycles. The van der Waals surface area contributed by atoms with Gasteiger partial charge in [-0.05, 0) is 60.9 Å². The van der Waals surface area contributed by atoms with Crippen molar-refractivity contribution in [2.75, 3.05) is 22.7 Å². The average Bonchev–Trinajstić information content (AvgIpc) is 3.27. The summed E-state index contributed by atoms with van der Waals surface area (Å²) >= 11 is 1.41. The number of nitrogens with zero attached hydrogens (tertiary/aromatic N) is 2. The van der Waals surface area contributed by atoms with Crippen LogP contribution in [-0.4, -0.2) is 24.7 Å². The fraction of sp³-hybridized carbons (Fsp3) is 0.231. The van der Waals surface area contributed by atoms with Crippen LogP contribution in [-0.2, 0) is 21.0 Å². The van der Waals surface area contributed by atoms with Gasteiger partial charge < -0.3 is 9.64 Å². The second-order valence-electron chi connectivity index (χ2n) is 8.19. The zero-order valence-corrected chi connectivity index (χ0v) is 19.1. The minimum atomic E-state index is -1.09. The van der Waals surface area contributed by atoms with Gasteiger partial charge in [0.15, 0.2) is 0 Å². The molecule has 1 fully saturated rings. The van der Waals surface area contributed by atoms with Gasteiger partial charge in [0.05, 0.1) is 25.1 Å². The molecule has 2 aliphatic rings. The van der Waals surface area contributed by atoms with Crippen molar-refractivity contribution in [2.24, 2.45) is 0 Å². The number of thioether (sulfide) groups is 1. The summed E-state index contributed by atoms with van der Waals surface area (Å²) in [7, 11) is 1.63. The molecule has 0 radical (unpaired) electrons. The lowest BCUT2D eigenvalue weighted by Gasteiger charge is -2.33. The van der Waals surface area contributed by atoms with E-state index in [9.17, 15) is 9.59 Å². The van der Waals surface area contributed by atoms with Crippen molar-refractivity contribution in [1.82, 2.24) is 0 Å². The van der Waals surface area contributed by atoms with E-state index >= 15 is 0 Å². The van der Waals surface area contributed by atoms with E-state index in [0.29, 0.717) is 6.54 Å². The first-order valence-corrected chi connectivity index (χ1v) is 11.5.